The van der Waals surface area contributed by atoms with Gasteiger partial charge in [-0.25, -0.2) is 0 Å². The van der Waals surface area contributed by atoms with E-state index in [0.29, 0.717) is 17.1 Å². The summed E-state index contributed by atoms with van der Waals surface area (Å²) >= 11 is 6.56. The van der Waals surface area contributed by atoms with E-state index < -0.39 is 0 Å². The molecular formula is C15H13BrN2OS2. The number of thiophene rings is 2. The van der Waals surface area contributed by atoms with E-state index in [-0.39, 0.29) is 5.91 Å². The molecule has 6 heteroatoms. The van der Waals surface area contributed by atoms with Crippen LogP contribution in [0.1, 0.15) is 20.1 Å². The lowest BCUT2D eigenvalue weighted by Crippen LogP contribution is -2.22. The fourth-order valence-electron chi connectivity index (χ4n) is 2.12. The van der Waals surface area contributed by atoms with Crippen molar-refractivity contribution < 1.29 is 4.79 Å². The molecule has 2 heterocycles. The van der Waals surface area contributed by atoms with Gasteiger partial charge in [0, 0.05) is 19.4 Å². The van der Waals surface area contributed by atoms with E-state index in [0.717, 1.165) is 14.6 Å². The number of carbonyl (C=O) groups is 1. The molecule has 2 aromatic heterocycles. The lowest BCUT2D eigenvalue weighted by atomic mass is 10.2. The maximum absolute atomic E-state index is 12.4. The van der Waals surface area contributed by atoms with Crippen LogP contribution in [0.25, 0.3) is 10.1 Å². The van der Waals surface area contributed by atoms with Crippen LogP contribution in [-0.4, -0.2) is 5.91 Å². The van der Waals surface area contributed by atoms with Crippen molar-refractivity contribution in [1.82, 2.24) is 5.32 Å². The monoisotopic (exact) mass is 380 g/mol. The van der Waals surface area contributed by atoms with Gasteiger partial charge in [0.25, 0.3) is 5.91 Å². The second kappa shape index (κ2) is 5.79. The molecule has 0 bridgehead atoms. The minimum atomic E-state index is -0.117. The maximum Gasteiger partial charge on any atom is 0.263 e. The van der Waals surface area contributed by atoms with Gasteiger partial charge >= 0.3 is 0 Å². The van der Waals surface area contributed by atoms with Crippen molar-refractivity contribution in [3.05, 3.63) is 49.4 Å². The molecule has 1 aromatic carbocycles. The van der Waals surface area contributed by atoms with E-state index in [1.54, 1.807) is 11.3 Å². The van der Waals surface area contributed by atoms with Gasteiger partial charge in [-0.2, -0.15) is 0 Å². The first-order chi connectivity index (χ1) is 10.1. The number of amides is 1. The highest BCUT2D eigenvalue weighted by Gasteiger charge is 2.17. The zero-order chi connectivity index (χ0) is 15.0. The molecule has 3 rings (SSSR count). The van der Waals surface area contributed by atoms with Gasteiger partial charge in [-0.1, -0.05) is 22.0 Å². The van der Waals surface area contributed by atoms with Gasteiger partial charge in [0.1, 0.15) is 4.88 Å². The predicted octanol–water partition coefficient (Wildman–Crippen LogP) is 4.55. The summed E-state index contributed by atoms with van der Waals surface area (Å²) in [6.45, 7) is 2.58. The number of rotatable bonds is 3. The smallest absolute Gasteiger partial charge is 0.263 e. The third-order valence-electron chi connectivity index (χ3n) is 3.29. The minimum absolute atomic E-state index is 0.117. The van der Waals surface area contributed by atoms with Crippen LogP contribution in [0.3, 0.4) is 0 Å². The standard InChI is InChI=1S/C15H13BrN2OS2/c1-8-5-6-20-11(8)7-18-15(19)14-13(17)12-9(16)3-2-4-10(12)21-14/h2-6H,7,17H2,1H3,(H,18,19). The molecule has 0 radical (unpaired) electrons. The summed E-state index contributed by atoms with van der Waals surface area (Å²) in [5.74, 6) is -0.117. The highest BCUT2D eigenvalue weighted by molar-refractivity contribution is 9.10. The summed E-state index contributed by atoms with van der Waals surface area (Å²) in [6, 6.07) is 7.90. The fourth-order valence-corrected chi connectivity index (χ4v) is 4.75. The summed E-state index contributed by atoms with van der Waals surface area (Å²) in [7, 11) is 0. The molecule has 3 nitrogen and oxygen atoms in total. The predicted molar refractivity (Wildman–Crippen MR) is 94.2 cm³/mol. The Morgan fingerprint density at radius 2 is 2.19 bits per heavy atom. The number of nitrogen functional groups attached to an aromatic ring is 1. The number of carbonyl (C=O) groups excluding carboxylic acids is 1. The van der Waals surface area contributed by atoms with Crippen LogP contribution in [-0.2, 0) is 6.54 Å². The molecular weight excluding hydrogens is 368 g/mol. The van der Waals surface area contributed by atoms with Crippen LogP contribution in [0.15, 0.2) is 34.1 Å². The van der Waals surface area contributed by atoms with Crippen molar-refractivity contribution in [2.24, 2.45) is 0 Å². The normalized spacial score (nSPS) is 11.0. The van der Waals surface area contributed by atoms with Crippen LogP contribution >= 0.6 is 38.6 Å². The molecule has 0 fully saturated rings. The van der Waals surface area contributed by atoms with Gasteiger partial charge in [-0.3, -0.25) is 4.79 Å². The van der Waals surface area contributed by atoms with Crippen molar-refractivity contribution in [1.29, 1.82) is 0 Å². The summed E-state index contributed by atoms with van der Waals surface area (Å²) < 4.78 is 1.93. The molecule has 0 aliphatic rings. The average molecular weight is 381 g/mol. The number of hydrogen-bond acceptors (Lipinski definition) is 4. The molecule has 0 aliphatic heterocycles. The number of benzene rings is 1. The zero-order valence-electron chi connectivity index (χ0n) is 11.3. The summed E-state index contributed by atoms with van der Waals surface area (Å²) in [5.41, 5.74) is 7.89. The number of aryl methyl sites for hydroxylation is 1. The first kappa shape index (κ1) is 14.6. The Hall–Kier alpha value is -1.37. The molecule has 3 N–H and O–H groups in total. The Balaban J connectivity index is 1.87. The van der Waals surface area contributed by atoms with Gasteiger partial charge in [0.05, 0.1) is 12.2 Å². The van der Waals surface area contributed by atoms with Crippen molar-refractivity contribution in [2.45, 2.75) is 13.5 Å². The van der Waals surface area contributed by atoms with E-state index >= 15 is 0 Å². The van der Waals surface area contributed by atoms with E-state index in [2.05, 4.69) is 27.3 Å². The quantitative estimate of drug-likeness (QED) is 0.700. The van der Waals surface area contributed by atoms with E-state index in [9.17, 15) is 4.79 Å². The number of hydrogen-bond donors (Lipinski definition) is 2. The number of halogens is 1. The topological polar surface area (TPSA) is 55.1 Å². The Bertz CT molecular complexity index is 822. The first-order valence-electron chi connectivity index (χ1n) is 6.35. The molecule has 0 spiro atoms. The molecule has 0 atom stereocenters. The third kappa shape index (κ3) is 2.71. The largest absolute Gasteiger partial charge is 0.397 e. The maximum atomic E-state index is 12.4. The molecule has 21 heavy (non-hydrogen) atoms. The van der Waals surface area contributed by atoms with Crippen LogP contribution in [0, 0.1) is 6.92 Å². The van der Waals surface area contributed by atoms with Crippen molar-refractivity contribution in [3.8, 4) is 0 Å². The summed E-state index contributed by atoms with van der Waals surface area (Å²) in [4.78, 5) is 14.1. The number of anilines is 1. The number of nitrogens with one attached hydrogen (secondary N) is 1. The highest BCUT2D eigenvalue weighted by atomic mass is 79.9. The molecule has 0 aliphatic carbocycles. The van der Waals surface area contributed by atoms with Crippen molar-refractivity contribution in [2.75, 3.05) is 5.73 Å². The van der Waals surface area contributed by atoms with Crippen LogP contribution < -0.4 is 11.1 Å². The summed E-state index contributed by atoms with van der Waals surface area (Å²) in [5, 5.41) is 5.90. The summed E-state index contributed by atoms with van der Waals surface area (Å²) in [6.07, 6.45) is 0. The van der Waals surface area contributed by atoms with Gasteiger partial charge in [-0.05, 0) is 36.1 Å². The Morgan fingerprint density at radius 1 is 1.38 bits per heavy atom. The van der Waals surface area contributed by atoms with Gasteiger partial charge in [0.15, 0.2) is 0 Å². The SMILES string of the molecule is Cc1ccsc1CNC(=O)c1sc2cccc(Br)c2c1N. The minimum Gasteiger partial charge on any atom is -0.397 e. The van der Waals surface area contributed by atoms with E-state index in [4.69, 9.17) is 5.73 Å². The van der Waals surface area contributed by atoms with Crippen LogP contribution in [0.2, 0.25) is 0 Å². The Morgan fingerprint density at radius 3 is 2.86 bits per heavy atom. The van der Waals surface area contributed by atoms with Gasteiger partial charge in [0.2, 0.25) is 0 Å². The number of nitrogens with two attached hydrogens (primary N) is 1. The average Bonchev–Trinajstić information content (AvgIpc) is 3.01. The molecule has 3 aromatic rings. The highest BCUT2D eigenvalue weighted by Crippen LogP contribution is 2.38. The molecule has 0 saturated heterocycles. The van der Waals surface area contributed by atoms with Crippen molar-refractivity contribution in [3.63, 3.8) is 0 Å². The van der Waals surface area contributed by atoms with Gasteiger partial charge in [-0.15, -0.1) is 22.7 Å². The van der Waals surface area contributed by atoms with E-state index in [1.165, 1.54) is 21.8 Å². The molecule has 0 unspecified atom stereocenters. The fraction of sp³-hybridized carbons (Fsp3) is 0.133. The second-order valence-corrected chi connectivity index (χ2v) is 7.57. The van der Waals surface area contributed by atoms with Gasteiger partial charge < -0.3 is 11.1 Å². The first-order valence-corrected chi connectivity index (χ1v) is 8.84. The zero-order valence-corrected chi connectivity index (χ0v) is 14.5. The lowest BCUT2D eigenvalue weighted by molar-refractivity contribution is 0.0956. The molecule has 108 valence electrons. The second-order valence-electron chi connectivity index (χ2n) is 4.67. The number of fused-ring (bicyclic) bond motifs is 1. The van der Waals surface area contributed by atoms with Crippen LogP contribution in [0.5, 0.6) is 0 Å². The Labute approximate surface area is 138 Å². The Kier molecular flexibility index (Phi) is 4.01. The third-order valence-corrected chi connectivity index (χ3v) is 6.14. The molecule has 1 amide bonds. The van der Waals surface area contributed by atoms with Crippen LogP contribution in [0.4, 0.5) is 5.69 Å². The van der Waals surface area contributed by atoms with E-state index in [1.807, 2.05) is 30.5 Å². The van der Waals surface area contributed by atoms with Crippen molar-refractivity contribution >= 4 is 60.3 Å². The lowest BCUT2D eigenvalue weighted by Gasteiger charge is -2.04. The molecule has 0 saturated carbocycles.